The Hall–Kier alpha value is -1.50. The van der Waals surface area contributed by atoms with Crippen molar-refractivity contribution >= 4 is 21.8 Å². The number of pyridine rings is 1. The molecule has 0 amide bonds. The highest BCUT2D eigenvalue weighted by atomic mass is 32.2. The largest absolute Gasteiger partial charge is 0.481 e. The molecule has 1 aromatic carbocycles. The summed E-state index contributed by atoms with van der Waals surface area (Å²) in [6.07, 6.45) is 2.71. The van der Waals surface area contributed by atoms with Crippen LogP contribution in [0, 0.1) is 0 Å². The third-order valence-corrected chi connectivity index (χ3v) is 5.69. The van der Waals surface area contributed by atoms with Crippen molar-refractivity contribution in [2.75, 3.05) is 26.7 Å². The molecular weight excluding hydrogens is 298 g/mol. The minimum Gasteiger partial charge on any atom is -0.481 e. The maximum atomic E-state index is 13.1. The molecule has 0 spiro atoms. The molecule has 6 heteroatoms. The summed E-state index contributed by atoms with van der Waals surface area (Å²) in [4.78, 5) is 5.05. The Kier molecular flexibility index (Phi) is 4.71. The average molecular weight is 319 g/mol. The van der Waals surface area contributed by atoms with Crippen molar-refractivity contribution in [3.8, 4) is 5.88 Å². The van der Waals surface area contributed by atoms with Gasteiger partial charge < -0.3 is 10.1 Å². The Balaban J connectivity index is 2.04. The Morgan fingerprint density at radius 2 is 2.23 bits per heavy atom. The van der Waals surface area contributed by atoms with Gasteiger partial charge in [0, 0.05) is 36.1 Å². The zero-order valence-corrected chi connectivity index (χ0v) is 13.7. The van der Waals surface area contributed by atoms with Gasteiger partial charge in [0.25, 0.3) is 0 Å². The topological polar surface area (TPSA) is 54.5 Å². The van der Waals surface area contributed by atoms with E-state index >= 15 is 0 Å². The van der Waals surface area contributed by atoms with E-state index in [1.54, 1.807) is 13.3 Å². The highest BCUT2D eigenvalue weighted by Crippen LogP contribution is 2.29. The summed E-state index contributed by atoms with van der Waals surface area (Å²) in [7, 11) is 0.419. The molecule has 1 saturated heterocycles. The van der Waals surface area contributed by atoms with Crippen LogP contribution in [-0.4, -0.2) is 46.3 Å². The summed E-state index contributed by atoms with van der Waals surface area (Å²) in [5.41, 5.74) is 0. The van der Waals surface area contributed by atoms with E-state index < -0.39 is 11.0 Å². The fourth-order valence-corrected chi connectivity index (χ4v) is 4.34. The SMILES string of the molecule is COc1nccc2c(S(=O)N3CCCNCC3C)cccc12. The van der Waals surface area contributed by atoms with Crippen molar-refractivity contribution < 1.29 is 8.95 Å². The predicted octanol–water partition coefficient (Wildman–Crippen LogP) is 1.95. The fraction of sp³-hybridized carbons (Fsp3) is 0.438. The van der Waals surface area contributed by atoms with Crippen LogP contribution in [0.1, 0.15) is 13.3 Å². The van der Waals surface area contributed by atoms with Crippen LogP contribution in [0.2, 0.25) is 0 Å². The van der Waals surface area contributed by atoms with Crippen LogP contribution in [0.15, 0.2) is 35.4 Å². The molecule has 1 fully saturated rings. The van der Waals surface area contributed by atoms with E-state index in [1.807, 2.05) is 24.3 Å². The molecule has 0 saturated carbocycles. The first-order valence-electron chi connectivity index (χ1n) is 7.53. The van der Waals surface area contributed by atoms with Crippen LogP contribution in [0.5, 0.6) is 5.88 Å². The van der Waals surface area contributed by atoms with Gasteiger partial charge in [-0.15, -0.1) is 0 Å². The number of fused-ring (bicyclic) bond motifs is 1. The van der Waals surface area contributed by atoms with Gasteiger partial charge in [0.05, 0.1) is 12.0 Å². The normalized spacial score (nSPS) is 21.5. The standard InChI is InChI=1S/C16H21N3O2S/c1-12-11-17-8-4-10-19(12)22(20)15-6-3-5-14-13(15)7-9-18-16(14)21-2/h3,5-7,9,12,17H,4,8,10-11H2,1-2H3. The lowest BCUT2D eigenvalue weighted by molar-refractivity contribution is 0.376. The first-order chi connectivity index (χ1) is 10.7. The number of hydrogen-bond donors (Lipinski definition) is 1. The molecule has 1 aliphatic heterocycles. The second kappa shape index (κ2) is 6.73. The smallest absolute Gasteiger partial charge is 0.221 e. The molecular formula is C16H21N3O2S. The summed E-state index contributed by atoms with van der Waals surface area (Å²) in [6.45, 7) is 4.79. The van der Waals surface area contributed by atoms with Gasteiger partial charge in [0.15, 0.2) is 0 Å². The highest BCUT2D eigenvalue weighted by molar-refractivity contribution is 7.83. The molecule has 2 atom stereocenters. The van der Waals surface area contributed by atoms with E-state index in [0.29, 0.717) is 5.88 Å². The van der Waals surface area contributed by atoms with Crippen molar-refractivity contribution in [2.45, 2.75) is 24.3 Å². The molecule has 1 N–H and O–H groups in total. The molecule has 1 aliphatic rings. The molecule has 0 radical (unpaired) electrons. The van der Waals surface area contributed by atoms with Gasteiger partial charge in [-0.2, -0.15) is 0 Å². The van der Waals surface area contributed by atoms with E-state index in [4.69, 9.17) is 4.74 Å². The zero-order chi connectivity index (χ0) is 15.5. The van der Waals surface area contributed by atoms with Gasteiger partial charge in [-0.1, -0.05) is 6.07 Å². The molecule has 2 heterocycles. The Morgan fingerprint density at radius 3 is 3.05 bits per heavy atom. The van der Waals surface area contributed by atoms with Crippen molar-refractivity contribution in [3.05, 3.63) is 30.5 Å². The van der Waals surface area contributed by atoms with Crippen molar-refractivity contribution in [2.24, 2.45) is 0 Å². The molecule has 2 aromatic rings. The first kappa shape index (κ1) is 15.4. The fourth-order valence-electron chi connectivity index (χ4n) is 2.83. The van der Waals surface area contributed by atoms with Crippen molar-refractivity contribution in [1.29, 1.82) is 0 Å². The van der Waals surface area contributed by atoms with E-state index in [-0.39, 0.29) is 6.04 Å². The summed E-state index contributed by atoms with van der Waals surface area (Å²) in [6, 6.07) is 7.95. The highest BCUT2D eigenvalue weighted by Gasteiger charge is 2.24. The Morgan fingerprint density at radius 1 is 1.36 bits per heavy atom. The summed E-state index contributed by atoms with van der Waals surface area (Å²) >= 11 is 0. The van der Waals surface area contributed by atoms with E-state index in [9.17, 15) is 4.21 Å². The van der Waals surface area contributed by atoms with Gasteiger partial charge in [0.1, 0.15) is 11.0 Å². The minimum atomic E-state index is -1.19. The molecule has 0 aliphatic carbocycles. The van der Waals surface area contributed by atoms with Gasteiger partial charge in [-0.3, -0.25) is 0 Å². The number of methoxy groups -OCH3 is 1. The van der Waals surface area contributed by atoms with Crippen molar-refractivity contribution in [1.82, 2.24) is 14.6 Å². The lowest BCUT2D eigenvalue weighted by atomic mass is 10.2. The average Bonchev–Trinajstić information content (AvgIpc) is 2.77. The molecule has 5 nitrogen and oxygen atoms in total. The number of nitrogens with one attached hydrogen (secondary N) is 1. The summed E-state index contributed by atoms with van der Waals surface area (Å²) in [5, 5.41) is 5.22. The zero-order valence-electron chi connectivity index (χ0n) is 12.9. The lowest BCUT2D eigenvalue weighted by Crippen LogP contribution is -2.38. The monoisotopic (exact) mass is 319 g/mol. The van der Waals surface area contributed by atoms with Gasteiger partial charge in [-0.25, -0.2) is 13.5 Å². The molecule has 1 aromatic heterocycles. The predicted molar refractivity (Wildman–Crippen MR) is 88.4 cm³/mol. The van der Waals surface area contributed by atoms with Crippen LogP contribution < -0.4 is 10.1 Å². The Labute approximate surface area is 133 Å². The number of aromatic nitrogens is 1. The molecule has 2 unspecified atom stereocenters. The van der Waals surface area contributed by atoms with Gasteiger partial charge >= 0.3 is 0 Å². The molecule has 22 heavy (non-hydrogen) atoms. The number of ether oxygens (including phenoxy) is 1. The van der Waals surface area contributed by atoms with E-state index in [0.717, 1.165) is 41.7 Å². The summed E-state index contributed by atoms with van der Waals surface area (Å²) in [5.74, 6) is 0.571. The number of hydrogen-bond acceptors (Lipinski definition) is 4. The second-order valence-electron chi connectivity index (χ2n) is 5.47. The molecule has 0 bridgehead atoms. The Bertz CT molecular complexity index is 692. The van der Waals surface area contributed by atoms with E-state index in [2.05, 4.69) is 21.5 Å². The van der Waals surface area contributed by atoms with Crippen LogP contribution in [0.4, 0.5) is 0 Å². The van der Waals surface area contributed by atoms with E-state index in [1.165, 1.54) is 0 Å². The third-order valence-electron chi connectivity index (χ3n) is 3.99. The van der Waals surface area contributed by atoms with Crippen LogP contribution in [0.3, 0.4) is 0 Å². The first-order valence-corrected chi connectivity index (χ1v) is 8.64. The third kappa shape index (κ3) is 2.86. The maximum absolute atomic E-state index is 13.1. The quantitative estimate of drug-likeness (QED) is 0.939. The van der Waals surface area contributed by atoms with Gasteiger partial charge in [-0.05, 0) is 38.1 Å². The maximum Gasteiger partial charge on any atom is 0.221 e. The van der Waals surface area contributed by atoms with Crippen molar-refractivity contribution in [3.63, 3.8) is 0 Å². The van der Waals surface area contributed by atoms with Crippen LogP contribution in [0.25, 0.3) is 10.8 Å². The summed E-state index contributed by atoms with van der Waals surface area (Å²) < 4.78 is 20.5. The number of rotatable bonds is 3. The molecule has 118 valence electrons. The van der Waals surface area contributed by atoms with Crippen LogP contribution in [-0.2, 0) is 11.0 Å². The second-order valence-corrected chi connectivity index (χ2v) is 6.88. The number of benzene rings is 1. The minimum absolute atomic E-state index is 0.238. The molecule has 3 rings (SSSR count). The van der Waals surface area contributed by atoms with Crippen LogP contribution >= 0.6 is 0 Å². The van der Waals surface area contributed by atoms with Gasteiger partial charge in [0.2, 0.25) is 5.88 Å². The number of nitrogens with zero attached hydrogens (tertiary/aromatic N) is 2. The lowest BCUT2D eigenvalue weighted by Gasteiger charge is -2.25.